The summed E-state index contributed by atoms with van der Waals surface area (Å²) in [5, 5.41) is 2.98. The number of hydrogen-bond acceptors (Lipinski definition) is 5. The molecule has 2 rings (SSSR count). The van der Waals surface area contributed by atoms with E-state index in [1.807, 2.05) is 0 Å². The quantitative estimate of drug-likeness (QED) is 0.556. The van der Waals surface area contributed by atoms with Gasteiger partial charge in [-0.2, -0.15) is 0 Å². The number of hydrogen-bond donors (Lipinski definition) is 1. The van der Waals surface area contributed by atoms with Crippen molar-refractivity contribution in [3.8, 4) is 0 Å². The summed E-state index contributed by atoms with van der Waals surface area (Å²) < 4.78 is 25.9. The third kappa shape index (κ3) is 6.54. The van der Waals surface area contributed by atoms with Gasteiger partial charge in [-0.3, -0.25) is 18.7 Å². The van der Waals surface area contributed by atoms with Crippen molar-refractivity contribution >= 4 is 44.9 Å². The van der Waals surface area contributed by atoms with Crippen molar-refractivity contribution in [2.45, 2.75) is 26.4 Å². The predicted molar refractivity (Wildman–Crippen MR) is 124 cm³/mol. The van der Waals surface area contributed by atoms with E-state index in [9.17, 15) is 22.8 Å². The van der Waals surface area contributed by atoms with Gasteiger partial charge in [0, 0.05) is 24.2 Å². The van der Waals surface area contributed by atoms with Crippen LogP contribution in [0.25, 0.3) is 0 Å². The Hall–Kier alpha value is -2.91. The molecule has 32 heavy (non-hydrogen) atoms. The SMILES string of the molecule is CNC(=O)[C@H](C)N(Cc1cccc(Cl)c1)C(=O)CN(c1cccc(C(C)=O)c1)S(C)(=O)=O. The molecule has 0 unspecified atom stereocenters. The smallest absolute Gasteiger partial charge is 0.244 e. The second-order valence-electron chi connectivity index (χ2n) is 7.32. The molecule has 0 radical (unpaired) electrons. The van der Waals surface area contributed by atoms with E-state index in [1.54, 1.807) is 43.3 Å². The highest BCUT2D eigenvalue weighted by Crippen LogP contribution is 2.21. The molecule has 0 saturated carbocycles. The second kappa shape index (κ2) is 10.6. The van der Waals surface area contributed by atoms with Gasteiger partial charge in [-0.25, -0.2) is 8.42 Å². The van der Waals surface area contributed by atoms with Gasteiger partial charge in [0.15, 0.2) is 5.78 Å². The fraction of sp³-hybridized carbons (Fsp3) is 0.318. The minimum absolute atomic E-state index is 0.0546. The highest BCUT2D eigenvalue weighted by Gasteiger charge is 2.29. The van der Waals surface area contributed by atoms with Gasteiger partial charge in [0.2, 0.25) is 21.8 Å². The molecular formula is C22H26ClN3O5S. The standard InChI is InChI=1S/C22H26ClN3O5S/c1-15(22(29)24-3)25(13-17-7-5-9-19(23)11-17)21(28)14-26(32(4,30)31)20-10-6-8-18(12-20)16(2)27/h5-12,15H,13-14H2,1-4H3,(H,24,29)/t15-/m0/s1. The fourth-order valence-corrected chi connectivity index (χ4v) is 4.17. The number of nitrogens with zero attached hydrogens (tertiary/aromatic N) is 2. The first-order valence-corrected chi connectivity index (χ1v) is 12.0. The second-order valence-corrected chi connectivity index (χ2v) is 9.66. The van der Waals surface area contributed by atoms with E-state index in [-0.39, 0.29) is 18.0 Å². The van der Waals surface area contributed by atoms with E-state index < -0.39 is 34.4 Å². The lowest BCUT2D eigenvalue weighted by Gasteiger charge is -2.31. The first-order chi connectivity index (χ1) is 14.9. The summed E-state index contributed by atoms with van der Waals surface area (Å²) in [5.41, 5.74) is 1.19. The van der Waals surface area contributed by atoms with Crippen LogP contribution in [-0.2, 0) is 26.2 Å². The van der Waals surface area contributed by atoms with E-state index in [0.717, 1.165) is 10.6 Å². The number of ketones is 1. The molecule has 0 saturated heterocycles. The summed E-state index contributed by atoms with van der Waals surface area (Å²) in [6, 6.07) is 12.0. The molecule has 0 heterocycles. The molecule has 172 valence electrons. The summed E-state index contributed by atoms with van der Waals surface area (Å²) in [6.07, 6.45) is 0.976. The van der Waals surface area contributed by atoms with E-state index in [4.69, 9.17) is 11.6 Å². The Kier molecular flexibility index (Phi) is 8.40. The number of nitrogens with one attached hydrogen (secondary N) is 1. The topological polar surface area (TPSA) is 104 Å². The Morgan fingerprint density at radius 2 is 1.75 bits per heavy atom. The highest BCUT2D eigenvalue weighted by atomic mass is 35.5. The molecule has 0 aliphatic carbocycles. The molecule has 0 fully saturated rings. The van der Waals surface area contributed by atoms with Gasteiger partial charge in [-0.05, 0) is 43.7 Å². The third-order valence-corrected chi connectivity index (χ3v) is 6.25. The van der Waals surface area contributed by atoms with Gasteiger partial charge in [0.25, 0.3) is 0 Å². The number of benzene rings is 2. The molecule has 2 aromatic rings. The van der Waals surface area contributed by atoms with Crippen molar-refractivity contribution in [2.75, 3.05) is 24.2 Å². The van der Waals surface area contributed by atoms with Crippen LogP contribution in [0.5, 0.6) is 0 Å². The largest absolute Gasteiger partial charge is 0.357 e. The Bertz CT molecular complexity index is 1120. The molecular weight excluding hydrogens is 454 g/mol. The normalized spacial score (nSPS) is 12.0. The van der Waals surface area contributed by atoms with Gasteiger partial charge in [-0.15, -0.1) is 0 Å². The predicted octanol–water partition coefficient (Wildman–Crippen LogP) is 2.47. The molecule has 0 aliphatic rings. The molecule has 0 aromatic heterocycles. The zero-order valence-electron chi connectivity index (χ0n) is 18.3. The van der Waals surface area contributed by atoms with Crippen LogP contribution in [0.15, 0.2) is 48.5 Å². The zero-order chi connectivity index (χ0) is 24.1. The molecule has 10 heteroatoms. The Balaban J connectivity index is 2.42. The summed E-state index contributed by atoms with van der Waals surface area (Å²) in [6.45, 7) is 2.44. The maximum Gasteiger partial charge on any atom is 0.244 e. The number of halogens is 1. The number of anilines is 1. The van der Waals surface area contributed by atoms with Crippen LogP contribution in [0.3, 0.4) is 0 Å². The first-order valence-electron chi connectivity index (χ1n) is 9.78. The van der Waals surface area contributed by atoms with E-state index in [0.29, 0.717) is 16.1 Å². The number of carbonyl (C=O) groups excluding carboxylic acids is 3. The molecule has 8 nitrogen and oxygen atoms in total. The van der Waals surface area contributed by atoms with Crippen LogP contribution in [0.4, 0.5) is 5.69 Å². The van der Waals surface area contributed by atoms with Gasteiger partial charge >= 0.3 is 0 Å². The number of likely N-dealkylation sites (N-methyl/N-ethyl adjacent to an activating group) is 1. The van der Waals surface area contributed by atoms with Crippen LogP contribution in [0, 0.1) is 0 Å². The number of amides is 2. The van der Waals surface area contributed by atoms with Gasteiger partial charge in [0.05, 0.1) is 11.9 Å². The molecule has 0 aliphatic heterocycles. The molecule has 0 bridgehead atoms. The molecule has 2 amide bonds. The number of sulfonamides is 1. The van der Waals surface area contributed by atoms with Crippen molar-refractivity contribution < 1.29 is 22.8 Å². The fourth-order valence-electron chi connectivity index (χ4n) is 3.12. The van der Waals surface area contributed by atoms with Gasteiger partial charge in [0.1, 0.15) is 12.6 Å². The van der Waals surface area contributed by atoms with Crippen LogP contribution < -0.4 is 9.62 Å². The number of carbonyl (C=O) groups is 3. The monoisotopic (exact) mass is 479 g/mol. The van der Waals surface area contributed by atoms with Gasteiger partial charge < -0.3 is 10.2 Å². The molecule has 1 N–H and O–H groups in total. The Morgan fingerprint density at radius 3 is 2.31 bits per heavy atom. The average Bonchev–Trinajstić information content (AvgIpc) is 2.73. The number of rotatable bonds is 9. The summed E-state index contributed by atoms with van der Waals surface area (Å²) in [4.78, 5) is 38.6. The van der Waals surface area contributed by atoms with Crippen molar-refractivity contribution in [2.24, 2.45) is 0 Å². The minimum atomic E-state index is -3.87. The summed E-state index contributed by atoms with van der Waals surface area (Å²) in [5.74, 6) is -1.22. The summed E-state index contributed by atoms with van der Waals surface area (Å²) in [7, 11) is -2.41. The van der Waals surface area contributed by atoms with Crippen molar-refractivity contribution in [1.82, 2.24) is 10.2 Å². The molecule has 0 spiro atoms. The van der Waals surface area contributed by atoms with E-state index in [2.05, 4.69) is 5.32 Å². The maximum atomic E-state index is 13.3. The van der Waals surface area contributed by atoms with Crippen LogP contribution in [-0.4, -0.2) is 56.8 Å². The van der Waals surface area contributed by atoms with Crippen molar-refractivity contribution in [1.29, 1.82) is 0 Å². The Labute approximate surface area is 193 Å². The van der Waals surface area contributed by atoms with Crippen molar-refractivity contribution in [3.05, 3.63) is 64.7 Å². The maximum absolute atomic E-state index is 13.3. The molecule has 1 atom stereocenters. The lowest BCUT2D eigenvalue weighted by Crippen LogP contribution is -2.50. The van der Waals surface area contributed by atoms with Crippen molar-refractivity contribution in [3.63, 3.8) is 0 Å². The zero-order valence-corrected chi connectivity index (χ0v) is 19.9. The minimum Gasteiger partial charge on any atom is -0.357 e. The summed E-state index contributed by atoms with van der Waals surface area (Å²) >= 11 is 6.04. The average molecular weight is 480 g/mol. The lowest BCUT2D eigenvalue weighted by atomic mass is 10.1. The van der Waals surface area contributed by atoms with Crippen LogP contribution >= 0.6 is 11.6 Å². The van der Waals surface area contributed by atoms with Crippen LogP contribution in [0.1, 0.15) is 29.8 Å². The third-order valence-electron chi connectivity index (χ3n) is 4.88. The Morgan fingerprint density at radius 1 is 1.09 bits per heavy atom. The highest BCUT2D eigenvalue weighted by molar-refractivity contribution is 7.92. The number of Topliss-reactive ketones (excluding diaryl/α,β-unsaturated/α-hetero) is 1. The first kappa shape index (κ1) is 25.4. The van der Waals surface area contributed by atoms with Gasteiger partial charge in [-0.1, -0.05) is 35.9 Å². The van der Waals surface area contributed by atoms with E-state index in [1.165, 1.54) is 31.0 Å². The molecule has 2 aromatic carbocycles. The lowest BCUT2D eigenvalue weighted by molar-refractivity contribution is -0.139. The van der Waals surface area contributed by atoms with E-state index >= 15 is 0 Å². The van der Waals surface area contributed by atoms with Crippen LogP contribution in [0.2, 0.25) is 5.02 Å².